The highest BCUT2D eigenvalue weighted by Gasteiger charge is 2.29. The summed E-state index contributed by atoms with van der Waals surface area (Å²) in [6.07, 6.45) is 0.997. The first-order chi connectivity index (χ1) is 16.5. The number of rotatable bonds is 15. The van der Waals surface area contributed by atoms with Gasteiger partial charge in [-0.2, -0.15) is 0 Å². The first-order valence-corrected chi connectivity index (χ1v) is 12.6. The Balaban J connectivity index is 2.85. The Morgan fingerprint density at radius 2 is 1.26 bits per heavy atom. The van der Waals surface area contributed by atoms with Gasteiger partial charge in [0.1, 0.15) is 18.7 Å². The van der Waals surface area contributed by atoms with Gasteiger partial charge in [-0.25, -0.2) is 4.79 Å². The highest BCUT2D eigenvalue weighted by molar-refractivity contribution is 5.91. The van der Waals surface area contributed by atoms with Crippen molar-refractivity contribution in [3.8, 4) is 0 Å². The van der Waals surface area contributed by atoms with Gasteiger partial charge >= 0.3 is 6.09 Å². The van der Waals surface area contributed by atoms with Crippen molar-refractivity contribution in [3.05, 3.63) is 35.9 Å². The minimum Gasteiger partial charge on any atom is -0.445 e. The lowest BCUT2D eigenvalue weighted by molar-refractivity contribution is -0.131. The molecule has 1 rings (SSSR count). The van der Waals surface area contributed by atoms with Gasteiger partial charge in [0.25, 0.3) is 0 Å². The second-order valence-electron chi connectivity index (χ2n) is 10.4. The molecule has 0 heterocycles. The van der Waals surface area contributed by atoms with Crippen LogP contribution in [0.4, 0.5) is 4.79 Å². The summed E-state index contributed by atoms with van der Waals surface area (Å²) in [4.78, 5) is 38.7. The first kappa shape index (κ1) is 30.4. The Hall–Kier alpha value is -2.61. The molecule has 0 fully saturated rings. The number of hydrogen-bond acceptors (Lipinski definition) is 5. The molecule has 0 radical (unpaired) electrons. The average Bonchev–Trinajstić information content (AvgIpc) is 2.76. The minimum atomic E-state index is -0.814. The van der Waals surface area contributed by atoms with Gasteiger partial charge in [-0.1, -0.05) is 71.9 Å². The lowest BCUT2D eigenvalue weighted by Crippen LogP contribution is -2.56. The van der Waals surface area contributed by atoms with Crippen LogP contribution in [0.25, 0.3) is 0 Å². The monoisotopic (exact) mass is 491 g/mol. The number of methoxy groups -OCH3 is 1. The van der Waals surface area contributed by atoms with Gasteiger partial charge < -0.3 is 25.4 Å². The fourth-order valence-electron chi connectivity index (χ4n) is 3.83. The van der Waals surface area contributed by atoms with Gasteiger partial charge in [0, 0.05) is 7.11 Å². The summed E-state index contributed by atoms with van der Waals surface area (Å²) >= 11 is 0. The van der Waals surface area contributed by atoms with Crippen molar-refractivity contribution >= 4 is 17.9 Å². The molecule has 1 aromatic carbocycles. The molecular weight excluding hydrogens is 446 g/mol. The maximum absolute atomic E-state index is 13.2. The molecule has 8 heteroatoms. The lowest BCUT2D eigenvalue weighted by Gasteiger charge is -2.27. The number of alkyl carbamates (subject to hydrolysis) is 1. The van der Waals surface area contributed by atoms with Gasteiger partial charge in [-0.05, 0) is 42.6 Å². The molecule has 35 heavy (non-hydrogen) atoms. The maximum atomic E-state index is 13.2. The highest BCUT2D eigenvalue weighted by Crippen LogP contribution is 2.11. The quantitative estimate of drug-likeness (QED) is 0.343. The number of benzene rings is 1. The molecule has 3 N–H and O–H groups in total. The van der Waals surface area contributed by atoms with Gasteiger partial charge in [0.05, 0.1) is 12.6 Å². The van der Waals surface area contributed by atoms with E-state index in [1.54, 1.807) is 7.11 Å². The maximum Gasteiger partial charge on any atom is 0.408 e. The van der Waals surface area contributed by atoms with E-state index in [0.29, 0.717) is 25.4 Å². The third-order valence-electron chi connectivity index (χ3n) is 5.34. The van der Waals surface area contributed by atoms with E-state index < -0.39 is 24.1 Å². The summed E-state index contributed by atoms with van der Waals surface area (Å²) in [7, 11) is 1.60. The second kappa shape index (κ2) is 16.1. The summed E-state index contributed by atoms with van der Waals surface area (Å²) in [6.45, 7) is 12.6. The van der Waals surface area contributed by atoms with E-state index in [0.717, 1.165) is 12.0 Å². The zero-order chi connectivity index (χ0) is 26.4. The normalized spacial score (nSPS) is 13.9. The SMILES string of the molecule is COCC(CC(C)C)NC(=O)C(CC(C)C)NC(=O)C(CC(C)C)NC(=O)OCc1ccccc1. The van der Waals surface area contributed by atoms with Crippen LogP contribution in [0.2, 0.25) is 0 Å². The van der Waals surface area contributed by atoms with Crippen LogP contribution in [0.3, 0.4) is 0 Å². The number of carbonyl (C=O) groups excluding carboxylic acids is 3. The predicted octanol–water partition coefficient (Wildman–Crippen LogP) is 4.04. The molecule has 0 spiro atoms. The Morgan fingerprint density at radius 1 is 0.743 bits per heavy atom. The molecule has 0 aromatic heterocycles. The van der Waals surface area contributed by atoms with Crippen molar-refractivity contribution in [1.82, 2.24) is 16.0 Å². The summed E-state index contributed by atoms with van der Waals surface area (Å²) in [5, 5.41) is 8.58. The Bertz CT molecular complexity index is 767. The number of carbonyl (C=O) groups is 3. The van der Waals surface area contributed by atoms with Crippen LogP contribution in [0.15, 0.2) is 30.3 Å². The van der Waals surface area contributed by atoms with Crippen LogP contribution in [0, 0.1) is 17.8 Å². The molecular formula is C27H45N3O5. The number of ether oxygens (including phenoxy) is 2. The molecule has 3 amide bonds. The minimum absolute atomic E-state index is 0.109. The fraction of sp³-hybridized carbons (Fsp3) is 0.667. The van der Waals surface area contributed by atoms with Crippen LogP contribution in [-0.2, 0) is 25.7 Å². The number of hydrogen-bond donors (Lipinski definition) is 3. The zero-order valence-corrected chi connectivity index (χ0v) is 22.4. The number of nitrogens with one attached hydrogen (secondary N) is 3. The molecule has 1 aromatic rings. The van der Waals surface area contributed by atoms with E-state index in [9.17, 15) is 14.4 Å². The van der Waals surface area contributed by atoms with Crippen molar-refractivity contribution in [1.29, 1.82) is 0 Å². The van der Waals surface area contributed by atoms with E-state index >= 15 is 0 Å². The Kier molecular flexibility index (Phi) is 14.0. The van der Waals surface area contributed by atoms with E-state index in [4.69, 9.17) is 9.47 Å². The van der Waals surface area contributed by atoms with E-state index in [2.05, 4.69) is 29.8 Å². The van der Waals surface area contributed by atoms with Gasteiger partial charge in [-0.15, -0.1) is 0 Å². The Labute approximate surface area is 210 Å². The largest absolute Gasteiger partial charge is 0.445 e. The molecule has 0 aliphatic heterocycles. The van der Waals surface area contributed by atoms with Crippen LogP contribution in [0.1, 0.15) is 66.4 Å². The van der Waals surface area contributed by atoms with Crippen molar-refractivity contribution in [2.24, 2.45) is 17.8 Å². The molecule has 0 aliphatic carbocycles. The van der Waals surface area contributed by atoms with Crippen LogP contribution in [-0.4, -0.2) is 49.7 Å². The van der Waals surface area contributed by atoms with E-state index in [1.165, 1.54) is 0 Å². The molecule has 0 saturated heterocycles. The van der Waals surface area contributed by atoms with Crippen molar-refractivity contribution in [2.45, 2.75) is 85.5 Å². The van der Waals surface area contributed by atoms with Crippen molar-refractivity contribution < 1.29 is 23.9 Å². The molecule has 0 bridgehead atoms. The van der Waals surface area contributed by atoms with Crippen molar-refractivity contribution in [2.75, 3.05) is 13.7 Å². The molecule has 3 unspecified atom stereocenters. The standard InChI is InChI=1S/C27H45N3O5/c1-18(2)13-22(17-34-7)28-25(31)23(14-19(3)4)29-26(32)24(15-20(5)6)30-27(33)35-16-21-11-9-8-10-12-21/h8-12,18-20,22-24H,13-17H2,1-7H3,(H,28,31)(H,29,32)(H,30,33). The van der Waals surface area contributed by atoms with Crippen molar-refractivity contribution in [3.63, 3.8) is 0 Å². The molecule has 198 valence electrons. The summed E-state index contributed by atoms with van der Waals surface area (Å²) in [5.74, 6) is 0.0715. The molecule has 3 atom stereocenters. The Morgan fingerprint density at radius 3 is 1.77 bits per heavy atom. The first-order valence-electron chi connectivity index (χ1n) is 12.6. The molecule has 0 aliphatic rings. The van der Waals surface area contributed by atoms with Crippen LogP contribution in [0.5, 0.6) is 0 Å². The van der Waals surface area contributed by atoms with Gasteiger partial charge in [0.2, 0.25) is 11.8 Å². The smallest absolute Gasteiger partial charge is 0.408 e. The predicted molar refractivity (Wildman–Crippen MR) is 138 cm³/mol. The third kappa shape index (κ3) is 13.2. The molecule has 0 saturated carbocycles. The zero-order valence-electron chi connectivity index (χ0n) is 22.4. The van der Waals surface area contributed by atoms with E-state index in [-0.39, 0.29) is 30.4 Å². The van der Waals surface area contributed by atoms with Crippen LogP contribution < -0.4 is 16.0 Å². The number of amides is 3. The molecule has 8 nitrogen and oxygen atoms in total. The summed E-state index contributed by atoms with van der Waals surface area (Å²) in [6, 6.07) is 7.66. The second-order valence-corrected chi connectivity index (χ2v) is 10.4. The third-order valence-corrected chi connectivity index (χ3v) is 5.34. The topological polar surface area (TPSA) is 106 Å². The van der Waals surface area contributed by atoms with Crippen LogP contribution >= 0.6 is 0 Å². The lowest BCUT2D eigenvalue weighted by atomic mass is 9.99. The summed E-state index contributed by atoms with van der Waals surface area (Å²) < 4.78 is 10.6. The summed E-state index contributed by atoms with van der Waals surface area (Å²) in [5.41, 5.74) is 0.855. The van der Waals surface area contributed by atoms with Gasteiger partial charge in [-0.3, -0.25) is 9.59 Å². The highest BCUT2D eigenvalue weighted by atomic mass is 16.5. The van der Waals surface area contributed by atoms with Gasteiger partial charge in [0.15, 0.2) is 0 Å². The fourth-order valence-corrected chi connectivity index (χ4v) is 3.83. The van der Waals surface area contributed by atoms with E-state index in [1.807, 2.05) is 58.0 Å². The average molecular weight is 492 g/mol.